The van der Waals surface area contributed by atoms with E-state index in [-0.39, 0.29) is 5.41 Å². The number of nitrogens with zero attached hydrogens (tertiary/aromatic N) is 2. The molecular formula is C29H45N3. The standard InChI is InChI=1S/C29H45N3/c1-7-10-12-16-25(15-8-2)20-27(9-3)31-24(5)32-28-26(19-23(4)22-30-28)21-29(6)17-13-11-14-18-29/h9,11,13-14,17,19,22,25H,7-8,10,12,15-16,18,20-21H2,1-6H3,(H,30,31,32)/b27-9-. The van der Waals surface area contributed by atoms with Crippen molar-refractivity contribution in [1.82, 2.24) is 10.3 Å². The predicted octanol–water partition coefficient (Wildman–Crippen LogP) is 8.38. The highest BCUT2D eigenvalue weighted by Crippen LogP contribution is 2.34. The van der Waals surface area contributed by atoms with E-state index in [1.807, 2.05) is 6.20 Å². The van der Waals surface area contributed by atoms with Crippen molar-refractivity contribution < 1.29 is 0 Å². The van der Waals surface area contributed by atoms with Crippen LogP contribution in [0.2, 0.25) is 0 Å². The Morgan fingerprint density at radius 2 is 2.03 bits per heavy atom. The molecule has 176 valence electrons. The van der Waals surface area contributed by atoms with Gasteiger partial charge in [-0.2, -0.15) is 0 Å². The van der Waals surface area contributed by atoms with Crippen LogP contribution in [0.1, 0.15) is 97.1 Å². The molecule has 0 fully saturated rings. The van der Waals surface area contributed by atoms with Gasteiger partial charge in [-0.25, -0.2) is 9.98 Å². The van der Waals surface area contributed by atoms with Gasteiger partial charge in [0.05, 0.1) is 0 Å². The van der Waals surface area contributed by atoms with Crippen LogP contribution in [0.25, 0.3) is 0 Å². The summed E-state index contributed by atoms with van der Waals surface area (Å²) in [6.07, 6.45) is 23.9. The van der Waals surface area contributed by atoms with Crippen LogP contribution in [-0.4, -0.2) is 10.8 Å². The Bertz CT molecular complexity index is 831. The number of rotatable bonds is 12. The number of allylic oxidation sites excluding steroid dienone is 6. The molecule has 0 saturated carbocycles. The fourth-order valence-corrected chi connectivity index (χ4v) is 4.60. The molecule has 0 radical (unpaired) electrons. The van der Waals surface area contributed by atoms with Crippen molar-refractivity contribution in [2.24, 2.45) is 16.3 Å². The van der Waals surface area contributed by atoms with Gasteiger partial charge in [0.15, 0.2) is 5.82 Å². The van der Waals surface area contributed by atoms with Crippen molar-refractivity contribution in [3.8, 4) is 0 Å². The molecule has 1 aromatic heterocycles. The van der Waals surface area contributed by atoms with Crippen LogP contribution in [0.3, 0.4) is 0 Å². The number of unbranched alkanes of at least 4 members (excludes halogenated alkanes) is 2. The molecule has 0 spiro atoms. The largest absolute Gasteiger partial charge is 0.348 e. The summed E-state index contributed by atoms with van der Waals surface area (Å²) < 4.78 is 0. The number of hydrogen-bond acceptors (Lipinski definition) is 2. The van der Waals surface area contributed by atoms with Gasteiger partial charge in [0.2, 0.25) is 0 Å². The average molecular weight is 436 g/mol. The molecular weight excluding hydrogens is 390 g/mol. The van der Waals surface area contributed by atoms with E-state index >= 15 is 0 Å². The highest BCUT2D eigenvalue weighted by molar-refractivity contribution is 5.83. The van der Waals surface area contributed by atoms with Gasteiger partial charge in [0, 0.05) is 11.9 Å². The Kier molecular flexibility index (Phi) is 10.9. The lowest BCUT2D eigenvalue weighted by atomic mass is 9.78. The van der Waals surface area contributed by atoms with Crippen molar-refractivity contribution in [1.29, 1.82) is 0 Å². The third kappa shape index (κ3) is 8.76. The number of aromatic nitrogens is 1. The van der Waals surface area contributed by atoms with E-state index in [0.29, 0.717) is 0 Å². The second kappa shape index (κ2) is 13.4. The maximum atomic E-state index is 4.92. The van der Waals surface area contributed by atoms with E-state index in [1.54, 1.807) is 0 Å². The summed E-state index contributed by atoms with van der Waals surface area (Å²) in [5, 5.41) is 3.60. The number of amidine groups is 1. The first kappa shape index (κ1) is 26.1. The normalized spacial score (nSPS) is 19.9. The van der Waals surface area contributed by atoms with Gasteiger partial charge in [-0.05, 0) is 62.5 Å². The fraction of sp³-hybridized carbons (Fsp3) is 0.586. The van der Waals surface area contributed by atoms with E-state index < -0.39 is 0 Å². The zero-order chi connectivity index (χ0) is 23.4. The predicted molar refractivity (Wildman–Crippen MR) is 141 cm³/mol. The summed E-state index contributed by atoms with van der Waals surface area (Å²) in [5.74, 6) is 2.51. The third-order valence-electron chi connectivity index (χ3n) is 6.39. The Morgan fingerprint density at radius 3 is 2.69 bits per heavy atom. The Morgan fingerprint density at radius 1 is 1.22 bits per heavy atom. The highest BCUT2D eigenvalue weighted by Gasteiger charge is 2.23. The number of aliphatic imine (C=N–C) groups is 1. The van der Waals surface area contributed by atoms with Crippen LogP contribution in [0.5, 0.6) is 0 Å². The Hall–Kier alpha value is -2.16. The molecule has 0 saturated heterocycles. The van der Waals surface area contributed by atoms with Crippen LogP contribution in [0.4, 0.5) is 5.82 Å². The van der Waals surface area contributed by atoms with E-state index in [2.05, 4.69) is 83.3 Å². The van der Waals surface area contributed by atoms with Crippen molar-refractivity contribution in [2.45, 2.75) is 99.3 Å². The first-order chi connectivity index (χ1) is 15.4. The lowest BCUT2D eigenvalue weighted by Gasteiger charge is -2.27. The summed E-state index contributed by atoms with van der Waals surface area (Å²) in [6.45, 7) is 13.2. The van der Waals surface area contributed by atoms with Crippen molar-refractivity contribution in [2.75, 3.05) is 0 Å². The van der Waals surface area contributed by atoms with Crippen molar-refractivity contribution in [3.05, 3.63) is 59.5 Å². The van der Waals surface area contributed by atoms with Gasteiger partial charge in [-0.15, -0.1) is 0 Å². The number of aryl methyl sites for hydroxylation is 1. The highest BCUT2D eigenvalue weighted by atomic mass is 15.0. The van der Waals surface area contributed by atoms with Gasteiger partial charge in [-0.1, -0.05) is 95.7 Å². The number of nitrogens with one attached hydrogen (secondary N) is 1. The second-order valence-corrected chi connectivity index (χ2v) is 9.81. The van der Waals surface area contributed by atoms with Gasteiger partial charge in [0.25, 0.3) is 0 Å². The fourth-order valence-electron chi connectivity index (χ4n) is 4.60. The molecule has 0 bridgehead atoms. The van der Waals surface area contributed by atoms with Crippen LogP contribution in [0, 0.1) is 18.3 Å². The average Bonchev–Trinajstić information content (AvgIpc) is 2.75. The van der Waals surface area contributed by atoms with Crippen LogP contribution >= 0.6 is 0 Å². The molecule has 3 nitrogen and oxygen atoms in total. The molecule has 32 heavy (non-hydrogen) atoms. The third-order valence-corrected chi connectivity index (χ3v) is 6.39. The SMILES string of the molecule is C/C=C(/CC(CCC)CCCCC)N/C(C)=N/c1ncc(C)cc1CC1(C)C=CC=CC1. The summed E-state index contributed by atoms with van der Waals surface area (Å²) in [4.78, 5) is 9.62. The van der Waals surface area contributed by atoms with Gasteiger partial charge in [0.1, 0.15) is 5.84 Å². The first-order valence-corrected chi connectivity index (χ1v) is 12.7. The minimum atomic E-state index is 0.121. The van der Waals surface area contributed by atoms with Crippen LogP contribution < -0.4 is 5.32 Å². The van der Waals surface area contributed by atoms with E-state index in [0.717, 1.165) is 36.8 Å². The lowest BCUT2D eigenvalue weighted by Crippen LogP contribution is -2.22. The zero-order valence-electron chi connectivity index (χ0n) is 21.4. The summed E-state index contributed by atoms with van der Waals surface area (Å²) in [5.41, 5.74) is 3.81. The van der Waals surface area contributed by atoms with Crippen LogP contribution in [-0.2, 0) is 6.42 Å². The van der Waals surface area contributed by atoms with E-state index in [9.17, 15) is 0 Å². The maximum absolute atomic E-state index is 4.92. The topological polar surface area (TPSA) is 37.3 Å². The second-order valence-electron chi connectivity index (χ2n) is 9.81. The lowest BCUT2D eigenvalue weighted by molar-refractivity contribution is 0.416. The Labute approximate surface area is 197 Å². The zero-order valence-corrected chi connectivity index (χ0v) is 21.4. The molecule has 1 aliphatic carbocycles. The van der Waals surface area contributed by atoms with E-state index in [1.165, 1.54) is 55.3 Å². The first-order valence-electron chi connectivity index (χ1n) is 12.7. The molecule has 1 N–H and O–H groups in total. The number of pyridine rings is 1. The molecule has 2 unspecified atom stereocenters. The summed E-state index contributed by atoms with van der Waals surface area (Å²) >= 11 is 0. The molecule has 1 aliphatic rings. The molecule has 3 heteroatoms. The minimum Gasteiger partial charge on any atom is -0.348 e. The number of hydrogen-bond donors (Lipinski definition) is 1. The minimum absolute atomic E-state index is 0.121. The van der Waals surface area contributed by atoms with Crippen molar-refractivity contribution in [3.63, 3.8) is 0 Å². The molecule has 2 atom stereocenters. The Balaban J connectivity index is 2.12. The molecule has 0 amide bonds. The van der Waals surface area contributed by atoms with Crippen molar-refractivity contribution >= 4 is 11.7 Å². The maximum Gasteiger partial charge on any atom is 0.157 e. The molecule has 0 aromatic carbocycles. The van der Waals surface area contributed by atoms with Gasteiger partial charge >= 0.3 is 0 Å². The monoisotopic (exact) mass is 435 g/mol. The summed E-state index contributed by atoms with van der Waals surface area (Å²) in [7, 11) is 0. The van der Waals surface area contributed by atoms with Gasteiger partial charge in [-0.3, -0.25) is 0 Å². The van der Waals surface area contributed by atoms with Crippen LogP contribution in [0.15, 0.2) is 53.3 Å². The molecule has 1 aromatic rings. The quantitative estimate of drug-likeness (QED) is 0.203. The molecule has 0 aliphatic heterocycles. The summed E-state index contributed by atoms with van der Waals surface area (Å²) in [6, 6.07) is 2.25. The molecule has 2 rings (SSSR count). The molecule has 1 heterocycles. The van der Waals surface area contributed by atoms with E-state index in [4.69, 9.17) is 9.98 Å². The van der Waals surface area contributed by atoms with Gasteiger partial charge < -0.3 is 5.32 Å². The smallest absolute Gasteiger partial charge is 0.157 e.